The van der Waals surface area contributed by atoms with E-state index >= 15 is 0 Å². The molecule has 0 bridgehead atoms. The Labute approximate surface area is 129 Å². The molecule has 3 rings (SSSR count). The van der Waals surface area contributed by atoms with Gasteiger partial charge in [-0.15, -0.1) is 0 Å². The van der Waals surface area contributed by atoms with E-state index in [4.69, 9.17) is 21.9 Å². The van der Waals surface area contributed by atoms with E-state index in [0.29, 0.717) is 16.7 Å². The molecule has 1 fully saturated rings. The summed E-state index contributed by atoms with van der Waals surface area (Å²) >= 11 is 8.23. The number of nitrogens with two attached hydrogens (primary N) is 1. The lowest BCUT2D eigenvalue weighted by Gasteiger charge is -2.17. The van der Waals surface area contributed by atoms with Crippen molar-refractivity contribution in [2.24, 2.45) is 5.73 Å². The van der Waals surface area contributed by atoms with Gasteiger partial charge in [-0.25, -0.2) is 0 Å². The first-order valence-corrected chi connectivity index (χ1v) is 7.63. The van der Waals surface area contributed by atoms with Gasteiger partial charge in [-0.1, -0.05) is 29.6 Å². The van der Waals surface area contributed by atoms with Crippen molar-refractivity contribution in [1.82, 2.24) is 10.1 Å². The average molecular weight is 390 g/mol. The first-order valence-electron chi connectivity index (χ1n) is 6.17. The molecule has 100 valence electrons. The van der Waals surface area contributed by atoms with Crippen molar-refractivity contribution in [2.45, 2.75) is 31.2 Å². The molecule has 1 saturated carbocycles. The number of rotatable bonds is 2. The number of halogens is 2. The van der Waals surface area contributed by atoms with Crippen LogP contribution < -0.4 is 5.73 Å². The fraction of sp³-hybridized carbons (Fsp3) is 0.385. The Kier molecular flexibility index (Phi) is 3.53. The van der Waals surface area contributed by atoms with Crippen LogP contribution in [0.15, 0.2) is 22.7 Å². The number of hydrogen-bond acceptors (Lipinski definition) is 4. The number of benzene rings is 1. The Balaban J connectivity index is 1.99. The van der Waals surface area contributed by atoms with Crippen molar-refractivity contribution in [1.29, 1.82) is 0 Å². The molecule has 1 aliphatic rings. The highest BCUT2D eigenvalue weighted by Crippen LogP contribution is 2.36. The van der Waals surface area contributed by atoms with E-state index < -0.39 is 5.54 Å². The summed E-state index contributed by atoms with van der Waals surface area (Å²) in [7, 11) is 0. The summed E-state index contributed by atoms with van der Waals surface area (Å²) in [5, 5.41) is 4.71. The third kappa shape index (κ3) is 2.51. The summed E-state index contributed by atoms with van der Waals surface area (Å²) in [5.74, 6) is 1.09. The van der Waals surface area contributed by atoms with E-state index in [1.54, 1.807) is 0 Å². The molecule has 1 heterocycles. The SMILES string of the molecule is NC1(c2noc(-c3cc(Cl)ccc3I)n2)CCCC1. The topological polar surface area (TPSA) is 64.9 Å². The van der Waals surface area contributed by atoms with Crippen LogP contribution in [-0.4, -0.2) is 10.1 Å². The van der Waals surface area contributed by atoms with Crippen molar-refractivity contribution >= 4 is 34.2 Å². The first-order chi connectivity index (χ1) is 9.08. The molecule has 2 aromatic rings. The van der Waals surface area contributed by atoms with Crippen molar-refractivity contribution in [2.75, 3.05) is 0 Å². The van der Waals surface area contributed by atoms with Gasteiger partial charge in [-0.05, 0) is 53.6 Å². The van der Waals surface area contributed by atoms with E-state index in [1.807, 2.05) is 18.2 Å². The van der Waals surface area contributed by atoms with E-state index in [0.717, 1.165) is 34.8 Å². The maximum absolute atomic E-state index is 6.33. The minimum atomic E-state index is -0.425. The largest absolute Gasteiger partial charge is 0.334 e. The smallest absolute Gasteiger partial charge is 0.259 e. The highest BCUT2D eigenvalue weighted by molar-refractivity contribution is 14.1. The number of hydrogen-bond donors (Lipinski definition) is 1. The predicted octanol–water partition coefficient (Wildman–Crippen LogP) is 3.72. The lowest BCUT2D eigenvalue weighted by Crippen LogP contribution is -2.34. The Morgan fingerprint density at radius 1 is 1.32 bits per heavy atom. The van der Waals surface area contributed by atoms with Gasteiger partial charge in [-0.2, -0.15) is 4.98 Å². The molecule has 0 aliphatic heterocycles. The maximum Gasteiger partial charge on any atom is 0.259 e. The fourth-order valence-corrected chi connectivity index (χ4v) is 3.16. The molecular weight excluding hydrogens is 377 g/mol. The summed E-state index contributed by atoms with van der Waals surface area (Å²) < 4.78 is 6.38. The van der Waals surface area contributed by atoms with Gasteiger partial charge in [-0.3, -0.25) is 0 Å². The summed E-state index contributed by atoms with van der Waals surface area (Å²) in [5.41, 5.74) is 6.76. The molecule has 2 N–H and O–H groups in total. The molecule has 4 nitrogen and oxygen atoms in total. The molecule has 0 unspecified atom stereocenters. The highest BCUT2D eigenvalue weighted by atomic mass is 127. The van der Waals surface area contributed by atoms with Gasteiger partial charge in [0.15, 0.2) is 5.82 Å². The lowest BCUT2D eigenvalue weighted by atomic mass is 9.99. The maximum atomic E-state index is 6.33. The van der Waals surface area contributed by atoms with Crippen LogP contribution in [0.2, 0.25) is 5.02 Å². The van der Waals surface area contributed by atoms with Gasteiger partial charge >= 0.3 is 0 Å². The summed E-state index contributed by atoms with van der Waals surface area (Å²) in [6, 6.07) is 5.60. The van der Waals surface area contributed by atoms with Gasteiger partial charge in [0.2, 0.25) is 0 Å². The lowest BCUT2D eigenvalue weighted by molar-refractivity contribution is 0.372. The van der Waals surface area contributed by atoms with Gasteiger partial charge in [0.1, 0.15) is 0 Å². The van der Waals surface area contributed by atoms with Gasteiger partial charge in [0.25, 0.3) is 5.89 Å². The van der Waals surface area contributed by atoms with Crippen LogP contribution in [0, 0.1) is 3.57 Å². The van der Waals surface area contributed by atoms with Crippen LogP contribution in [0.3, 0.4) is 0 Å². The van der Waals surface area contributed by atoms with Gasteiger partial charge < -0.3 is 10.3 Å². The van der Waals surface area contributed by atoms with Crippen molar-refractivity contribution in [3.63, 3.8) is 0 Å². The quantitative estimate of drug-likeness (QED) is 0.795. The van der Waals surface area contributed by atoms with Crippen LogP contribution in [0.25, 0.3) is 11.5 Å². The third-order valence-electron chi connectivity index (χ3n) is 3.53. The fourth-order valence-electron chi connectivity index (χ4n) is 2.43. The monoisotopic (exact) mass is 389 g/mol. The van der Waals surface area contributed by atoms with E-state index in [1.165, 1.54) is 0 Å². The van der Waals surface area contributed by atoms with Crippen LogP contribution in [0.1, 0.15) is 31.5 Å². The van der Waals surface area contributed by atoms with Crippen LogP contribution in [0.4, 0.5) is 0 Å². The normalized spacial score (nSPS) is 17.8. The van der Waals surface area contributed by atoms with E-state index in [2.05, 4.69) is 32.7 Å². The Hall–Kier alpha value is -0.660. The minimum absolute atomic E-state index is 0.425. The molecule has 0 radical (unpaired) electrons. The average Bonchev–Trinajstić information content (AvgIpc) is 3.02. The molecule has 0 amide bonds. The van der Waals surface area contributed by atoms with Crippen molar-refractivity contribution in [3.05, 3.63) is 32.6 Å². The summed E-state index contributed by atoms with van der Waals surface area (Å²) in [6.07, 6.45) is 4.07. The van der Waals surface area contributed by atoms with Crippen molar-refractivity contribution < 1.29 is 4.52 Å². The third-order valence-corrected chi connectivity index (χ3v) is 4.70. The summed E-state index contributed by atoms with van der Waals surface area (Å²) in [4.78, 5) is 4.47. The molecule has 0 atom stereocenters. The Morgan fingerprint density at radius 2 is 2.05 bits per heavy atom. The van der Waals surface area contributed by atoms with Crippen LogP contribution >= 0.6 is 34.2 Å². The molecule has 19 heavy (non-hydrogen) atoms. The minimum Gasteiger partial charge on any atom is -0.334 e. The van der Waals surface area contributed by atoms with Gasteiger partial charge in [0.05, 0.1) is 11.1 Å². The standard InChI is InChI=1S/C13H13ClIN3O/c14-8-3-4-10(15)9(7-8)11-17-12(18-19-11)13(16)5-1-2-6-13/h3-4,7H,1-2,5-6,16H2. The second-order valence-electron chi connectivity index (χ2n) is 4.91. The molecule has 6 heteroatoms. The van der Waals surface area contributed by atoms with E-state index in [-0.39, 0.29) is 0 Å². The van der Waals surface area contributed by atoms with Crippen molar-refractivity contribution in [3.8, 4) is 11.5 Å². The molecule has 1 aromatic heterocycles. The van der Waals surface area contributed by atoms with Crippen LogP contribution in [-0.2, 0) is 5.54 Å². The zero-order chi connectivity index (χ0) is 13.5. The summed E-state index contributed by atoms with van der Waals surface area (Å²) in [6.45, 7) is 0. The molecule has 0 spiro atoms. The molecule has 1 aromatic carbocycles. The number of aromatic nitrogens is 2. The molecule has 0 saturated heterocycles. The Morgan fingerprint density at radius 3 is 2.79 bits per heavy atom. The Bertz CT molecular complexity index is 608. The second kappa shape index (κ2) is 5.03. The highest BCUT2D eigenvalue weighted by Gasteiger charge is 2.36. The zero-order valence-electron chi connectivity index (χ0n) is 10.2. The van der Waals surface area contributed by atoms with Gasteiger partial charge in [0, 0.05) is 8.59 Å². The number of nitrogens with zero attached hydrogens (tertiary/aromatic N) is 2. The second-order valence-corrected chi connectivity index (χ2v) is 6.51. The van der Waals surface area contributed by atoms with E-state index in [9.17, 15) is 0 Å². The predicted molar refractivity (Wildman–Crippen MR) is 81.8 cm³/mol. The van der Waals surface area contributed by atoms with Crippen LogP contribution in [0.5, 0.6) is 0 Å². The molecule has 1 aliphatic carbocycles. The first kappa shape index (κ1) is 13.3. The zero-order valence-corrected chi connectivity index (χ0v) is 13.1. The molecular formula is C13H13ClIN3O.